The number of carbonyl (C=O) groups excluding carboxylic acids is 2. The van der Waals surface area contributed by atoms with Gasteiger partial charge in [-0.3, -0.25) is 19.5 Å². The quantitative estimate of drug-likeness (QED) is 0.454. The molecule has 0 saturated carbocycles. The fourth-order valence-electron chi connectivity index (χ4n) is 5.53. The molecule has 7 nitrogen and oxygen atoms in total. The molecule has 1 aromatic carbocycles. The Morgan fingerprint density at radius 2 is 2.00 bits per heavy atom. The first-order valence-corrected chi connectivity index (χ1v) is 12.7. The molecule has 34 heavy (non-hydrogen) atoms. The largest absolute Gasteiger partial charge is 0.367 e. The monoisotopic (exact) mass is 471 g/mol. The van der Waals surface area contributed by atoms with Crippen LogP contribution in [0.1, 0.15) is 36.1 Å². The molecule has 8 heteroatoms. The molecular weight excluding hydrogens is 446 g/mol. The molecule has 0 bridgehead atoms. The van der Waals surface area contributed by atoms with E-state index < -0.39 is 0 Å². The molecular formula is C26H25N5O2S. The van der Waals surface area contributed by atoms with Crippen LogP contribution in [-0.4, -0.2) is 47.4 Å². The van der Waals surface area contributed by atoms with Crippen LogP contribution in [0.4, 0.5) is 11.4 Å². The molecule has 0 spiro atoms. The summed E-state index contributed by atoms with van der Waals surface area (Å²) in [6.45, 7) is 11.0. The highest BCUT2D eigenvalue weighted by Crippen LogP contribution is 2.45. The molecule has 1 N–H and O–H groups in total. The van der Waals surface area contributed by atoms with Crippen molar-refractivity contribution in [3.05, 3.63) is 52.3 Å². The van der Waals surface area contributed by atoms with Crippen molar-refractivity contribution in [2.24, 2.45) is 0 Å². The number of hydrogen-bond acceptors (Lipinski definition) is 6. The zero-order valence-corrected chi connectivity index (χ0v) is 19.7. The van der Waals surface area contributed by atoms with Gasteiger partial charge in [0.1, 0.15) is 0 Å². The molecule has 172 valence electrons. The lowest BCUT2D eigenvalue weighted by Crippen LogP contribution is -2.40. The number of carbonyl (C=O) groups is 2. The molecule has 5 heterocycles. The molecule has 0 unspecified atom stereocenters. The number of fused-ring (bicyclic) bond motifs is 2. The molecule has 3 aromatic rings. The molecule has 3 aliphatic rings. The average molecular weight is 472 g/mol. The summed E-state index contributed by atoms with van der Waals surface area (Å²) in [4.78, 5) is 37.5. The molecule has 0 radical (unpaired) electrons. The van der Waals surface area contributed by atoms with Gasteiger partial charge >= 0.3 is 0 Å². The van der Waals surface area contributed by atoms with Crippen LogP contribution in [0, 0.1) is 6.57 Å². The van der Waals surface area contributed by atoms with Gasteiger partial charge in [0.25, 0.3) is 0 Å². The van der Waals surface area contributed by atoms with Crippen molar-refractivity contribution in [1.29, 1.82) is 0 Å². The Kier molecular flexibility index (Phi) is 5.31. The predicted octanol–water partition coefficient (Wildman–Crippen LogP) is 4.28. The number of nitrogens with zero attached hydrogens (tertiary/aromatic N) is 4. The van der Waals surface area contributed by atoms with Crippen LogP contribution in [0.3, 0.4) is 0 Å². The normalized spacial score (nSPS) is 20.3. The van der Waals surface area contributed by atoms with Gasteiger partial charge in [-0.1, -0.05) is 6.07 Å². The number of anilines is 1. The highest BCUT2D eigenvalue weighted by Gasteiger charge is 2.31. The van der Waals surface area contributed by atoms with Gasteiger partial charge in [0.05, 0.1) is 23.3 Å². The number of nitrogens with one attached hydrogen (secondary N) is 1. The van der Waals surface area contributed by atoms with Crippen molar-refractivity contribution in [2.75, 3.05) is 24.5 Å². The Hall–Kier alpha value is -3.28. The third-order valence-electron chi connectivity index (χ3n) is 7.13. The summed E-state index contributed by atoms with van der Waals surface area (Å²) < 4.78 is 1.04. The summed E-state index contributed by atoms with van der Waals surface area (Å²) in [6, 6.07) is 8.57. The highest BCUT2D eigenvalue weighted by molar-refractivity contribution is 7.19. The summed E-state index contributed by atoms with van der Waals surface area (Å²) in [7, 11) is 0. The number of likely N-dealkylation sites (tertiary alicyclic amines) is 1. The smallest absolute Gasteiger partial charge is 0.230 e. The number of thiophene rings is 1. The van der Waals surface area contributed by atoms with Crippen LogP contribution < -0.4 is 10.2 Å². The van der Waals surface area contributed by atoms with Crippen LogP contribution in [0.25, 0.3) is 26.2 Å². The number of aryl methyl sites for hydroxylation is 1. The van der Waals surface area contributed by atoms with Gasteiger partial charge in [-0.05, 0) is 55.1 Å². The summed E-state index contributed by atoms with van der Waals surface area (Å²) in [5, 5.41) is 3.50. The second kappa shape index (κ2) is 8.49. The van der Waals surface area contributed by atoms with Crippen molar-refractivity contribution < 1.29 is 9.59 Å². The minimum absolute atomic E-state index is 0.102. The van der Waals surface area contributed by atoms with Crippen molar-refractivity contribution in [3.8, 4) is 11.1 Å². The number of benzene rings is 1. The number of amides is 2. The van der Waals surface area contributed by atoms with E-state index in [1.54, 1.807) is 11.3 Å². The maximum atomic E-state index is 12.1. The van der Waals surface area contributed by atoms with Crippen LogP contribution in [0.5, 0.6) is 0 Å². The second-order valence-corrected chi connectivity index (χ2v) is 10.4. The lowest BCUT2D eigenvalue weighted by atomic mass is 9.92. The molecule has 6 rings (SSSR count). The van der Waals surface area contributed by atoms with Crippen molar-refractivity contribution in [1.82, 2.24) is 15.2 Å². The molecule has 2 saturated heterocycles. The van der Waals surface area contributed by atoms with E-state index in [0.717, 1.165) is 65.1 Å². The first kappa shape index (κ1) is 21.3. The summed E-state index contributed by atoms with van der Waals surface area (Å²) >= 11 is 1.59. The van der Waals surface area contributed by atoms with Crippen LogP contribution in [0.15, 0.2) is 30.5 Å². The van der Waals surface area contributed by atoms with Gasteiger partial charge in [-0.25, -0.2) is 4.85 Å². The Labute approximate surface area is 202 Å². The van der Waals surface area contributed by atoms with Crippen LogP contribution >= 0.6 is 11.3 Å². The van der Waals surface area contributed by atoms with Gasteiger partial charge < -0.3 is 10.2 Å². The zero-order chi connectivity index (χ0) is 23.2. The molecule has 2 aromatic heterocycles. The third-order valence-corrected chi connectivity index (χ3v) is 8.27. The van der Waals surface area contributed by atoms with Crippen LogP contribution in [-0.2, 0) is 22.6 Å². The summed E-state index contributed by atoms with van der Waals surface area (Å²) in [5.41, 5.74) is 6.18. The average Bonchev–Trinajstić information content (AvgIpc) is 3.60. The zero-order valence-electron chi connectivity index (χ0n) is 18.8. The Balaban J connectivity index is 1.48. The Morgan fingerprint density at radius 3 is 2.76 bits per heavy atom. The fraction of sp³-hybridized carbons (Fsp3) is 0.385. The Morgan fingerprint density at radius 1 is 1.15 bits per heavy atom. The number of rotatable bonds is 4. The van der Waals surface area contributed by atoms with E-state index in [2.05, 4.69) is 26.1 Å². The third kappa shape index (κ3) is 3.56. The lowest BCUT2D eigenvalue weighted by molar-refractivity contribution is -0.138. The van der Waals surface area contributed by atoms with Crippen molar-refractivity contribution in [2.45, 2.75) is 44.7 Å². The van der Waals surface area contributed by atoms with Gasteiger partial charge in [0, 0.05) is 54.3 Å². The predicted molar refractivity (Wildman–Crippen MR) is 133 cm³/mol. The van der Waals surface area contributed by atoms with Gasteiger partial charge in [-0.15, -0.1) is 11.3 Å². The van der Waals surface area contributed by atoms with E-state index in [-0.39, 0.29) is 11.8 Å². The first-order chi connectivity index (χ1) is 16.6. The van der Waals surface area contributed by atoms with E-state index in [1.807, 2.05) is 24.4 Å². The fourth-order valence-corrected chi connectivity index (χ4v) is 6.66. The maximum Gasteiger partial charge on any atom is 0.230 e. The number of pyridine rings is 1. The SMILES string of the molecule is [C-]#[N+]c1cc2c(c(-c3ccnc4cc(CN5C(=O)CCC5=O)sc34)c1)N([C@@H]1CCNC1)CCC2. The van der Waals surface area contributed by atoms with E-state index >= 15 is 0 Å². The molecule has 3 aliphatic heterocycles. The Bertz CT molecular complexity index is 1340. The van der Waals surface area contributed by atoms with Gasteiger partial charge in [0.15, 0.2) is 5.69 Å². The molecule has 1 atom stereocenters. The topological polar surface area (TPSA) is 69.9 Å². The van der Waals surface area contributed by atoms with Gasteiger partial charge in [-0.2, -0.15) is 0 Å². The summed E-state index contributed by atoms with van der Waals surface area (Å²) in [6.07, 6.45) is 5.61. The molecule has 2 amide bonds. The molecule has 0 aliphatic carbocycles. The van der Waals surface area contributed by atoms with E-state index in [4.69, 9.17) is 6.57 Å². The highest BCUT2D eigenvalue weighted by atomic mass is 32.1. The minimum atomic E-state index is -0.102. The number of imide groups is 1. The molecule has 2 fully saturated rings. The van der Waals surface area contributed by atoms with Crippen LogP contribution in [0.2, 0.25) is 0 Å². The van der Waals surface area contributed by atoms with Crippen molar-refractivity contribution in [3.63, 3.8) is 0 Å². The van der Waals surface area contributed by atoms with E-state index in [1.165, 1.54) is 16.2 Å². The minimum Gasteiger partial charge on any atom is -0.367 e. The maximum absolute atomic E-state index is 12.1. The first-order valence-electron chi connectivity index (χ1n) is 11.8. The van der Waals surface area contributed by atoms with E-state index in [0.29, 0.717) is 31.1 Å². The second-order valence-electron chi connectivity index (χ2n) is 9.22. The van der Waals surface area contributed by atoms with E-state index in [9.17, 15) is 9.59 Å². The van der Waals surface area contributed by atoms with Gasteiger partial charge in [0.2, 0.25) is 11.8 Å². The summed E-state index contributed by atoms with van der Waals surface area (Å²) in [5.74, 6) is -0.203. The standard InChI is InChI=1S/C26H25N5O2S/c1-27-17-11-16-3-2-10-30(18-6-8-28-14-18)25(16)21(12-17)20-7-9-29-22-13-19(34-26(20)22)15-31-23(32)4-5-24(31)33/h7,9,11-13,18,28H,2-6,8,10,14-15H2/t18-/m1/s1. The number of hydrogen-bond donors (Lipinski definition) is 1. The lowest BCUT2D eigenvalue weighted by Gasteiger charge is -2.38. The number of aromatic nitrogens is 1. The van der Waals surface area contributed by atoms with Crippen molar-refractivity contribution >= 4 is 44.7 Å².